The minimum absolute atomic E-state index is 0.232. The lowest BCUT2D eigenvalue weighted by molar-refractivity contribution is -0.126. The zero-order valence-electron chi connectivity index (χ0n) is 13.0. The third-order valence-corrected chi connectivity index (χ3v) is 4.17. The van der Waals surface area contributed by atoms with Gasteiger partial charge >= 0.3 is 5.97 Å². The number of carbonyl (C=O) groups is 2. The van der Waals surface area contributed by atoms with E-state index in [2.05, 4.69) is 10.3 Å². The average Bonchev–Trinajstić information content (AvgIpc) is 2.96. The van der Waals surface area contributed by atoms with Gasteiger partial charge in [-0.05, 0) is 31.5 Å². The number of rotatable bonds is 2. The highest BCUT2D eigenvalue weighted by molar-refractivity contribution is 5.99. The molecule has 1 unspecified atom stereocenters. The van der Waals surface area contributed by atoms with Crippen molar-refractivity contribution in [1.29, 1.82) is 0 Å². The van der Waals surface area contributed by atoms with Crippen molar-refractivity contribution in [2.45, 2.75) is 19.9 Å². The van der Waals surface area contributed by atoms with Crippen LogP contribution >= 0.6 is 0 Å². The Morgan fingerprint density at radius 3 is 2.87 bits per heavy atom. The monoisotopic (exact) mass is 317 g/mol. The quantitative estimate of drug-likeness (QED) is 0.863. The number of nitrogens with zero attached hydrogens (tertiary/aromatic N) is 2. The Hall–Kier alpha value is -2.70. The molecule has 2 heterocycles. The van der Waals surface area contributed by atoms with Gasteiger partial charge in [0.2, 0.25) is 5.91 Å². The molecule has 0 radical (unpaired) electrons. The van der Waals surface area contributed by atoms with E-state index in [4.69, 9.17) is 4.74 Å². The van der Waals surface area contributed by atoms with Crippen LogP contribution in [-0.2, 0) is 9.53 Å². The Morgan fingerprint density at radius 1 is 1.43 bits per heavy atom. The number of hydrogen-bond donors (Lipinski definition) is 1. The molecule has 0 aliphatic carbocycles. The van der Waals surface area contributed by atoms with E-state index in [0.717, 1.165) is 0 Å². The number of ether oxygens (including phenoxy) is 1. The molecule has 0 spiro atoms. The topological polar surface area (TPSA) is 73.2 Å². The van der Waals surface area contributed by atoms with Gasteiger partial charge in [-0.25, -0.2) is 14.2 Å². The third kappa shape index (κ3) is 2.28. The number of methoxy groups -OCH3 is 1. The maximum Gasteiger partial charge on any atom is 0.356 e. The molecule has 1 aromatic carbocycles. The minimum Gasteiger partial charge on any atom is -0.464 e. The van der Waals surface area contributed by atoms with E-state index in [9.17, 15) is 14.0 Å². The number of amides is 1. The minimum atomic E-state index is -0.867. The van der Waals surface area contributed by atoms with Gasteiger partial charge in [0.1, 0.15) is 11.5 Å². The molecule has 120 valence electrons. The molecule has 0 bridgehead atoms. The Balaban J connectivity index is 2.23. The standard InChI is InChI=1S/C16H16FN3O3/c1-16(2)13(20-8-18-7-12(20)14(21)23-3)10-5-4-9(17)6-11(10)19-15(16)22/h4-8,13H,1-3H3,(H,19,22). The second kappa shape index (κ2) is 5.19. The summed E-state index contributed by atoms with van der Waals surface area (Å²) >= 11 is 0. The van der Waals surface area contributed by atoms with Crippen molar-refractivity contribution in [3.63, 3.8) is 0 Å². The second-order valence-electron chi connectivity index (χ2n) is 5.99. The van der Waals surface area contributed by atoms with Crippen LogP contribution in [0.15, 0.2) is 30.7 Å². The average molecular weight is 317 g/mol. The molecule has 2 aromatic rings. The number of aromatic nitrogens is 2. The van der Waals surface area contributed by atoms with Gasteiger partial charge in [-0.15, -0.1) is 0 Å². The SMILES string of the molecule is COC(=O)c1cncn1C1c2ccc(F)cc2NC(=O)C1(C)C. The molecule has 1 amide bonds. The molecule has 7 heteroatoms. The highest BCUT2D eigenvalue weighted by Gasteiger charge is 2.45. The van der Waals surface area contributed by atoms with E-state index in [1.807, 2.05) is 0 Å². The maximum atomic E-state index is 13.5. The van der Waals surface area contributed by atoms with E-state index in [1.54, 1.807) is 24.5 Å². The third-order valence-electron chi connectivity index (χ3n) is 4.17. The largest absolute Gasteiger partial charge is 0.464 e. The lowest BCUT2D eigenvalue weighted by Crippen LogP contribution is -2.44. The fraction of sp³-hybridized carbons (Fsp3) is 0.312. The van der Waals surface area contributed by atoms with Crippen molar-refractivity contribution in [3.05, 3.63) is 47.8 Å². The molecular weight excluding hydrogens is 301 g/mol. The molecule has 0 saturated heterocycles. The lowest BCUT2D eigenvalue weighted by Gasteiger charge is -2.40. The Morgan fingerprint density at radius 2 is 2.17 bits per heavy atom. The van der Waals surface area contributed by atoms with Crippen LogP contribution in [0.3, 0.4) is 0 Å². The van der Waals surface area contributed by atoms with Crippen LogP contribution in [0.5, 0.6) is 0 Å². The zero-order valence-corrected chi connectivity index (χ0v) is 13.0. The van der Waals surface area contributed by atoms with Crippen molar-refractivity contribution in [3.8, 4) is 0 Å². The number of fused-ring (bicyclic) bond motifs is 1. The lowest BCUT2D eigenvalue weighted by atomic mass is 9.76. The second-order valence-corrected chi connectivity index (χ2v) is 5.99. The van der Waals surface area contributed by atoms with Crippen LogP contribution < -0.4 is 5.32 Å². The fourth-order valence-electron chi connectivity index (χ4n) is 2.94. The Kier molecular flexibility index (Phi) is 3.43. The number of nitrogens with one attached hydrogen (secondary N) is 1. The molecule has 23 heavy (non-hydrogen) atoms. The van der Waals surface area contributed by atoms with Gasteiger partial charge in [0.25, 0.3) is 0 Å². The first kappa shape index (κ1) is 15.2. The van der Waals surface area contributed by atoms with E-state index in [0.29, 0.717) is 11.3 Å². The number of imidazole rings is 1. The number of halogens is 1. The van der Waals surface area contributed by atoms with Crippen molar-refractivity contribution in [2.24, 2.45) is 5.41 Å². The molecule has 1 aliphatic rings. The number of anilines is 1. The summed E-state index contributed by atoms with van der Waals surface area (Å²) in [5.74, 6) is -1.25. The van der Waals surface area contributed by atoms with Gasteiger partial charge in [-0.1, -0.05) is 6.07 Å². The summed E-state index contributed by atoms with van der Waals surface area (Å²) in [6.07, 6.45) is 2.86. The zero-order chi connectivity index (χ0) is 16.8. The van der Waals surface area contributed by atoms with Crippen molar-refractivity contribution >= 4 is 17.6 Å². The molecule has 1 aromatic heterocycles. The summed E-state index contributed by atoms with van der Waals surface area (Å²) < 4.78 is 19.9. The number of hydrogen-bond acceptors (Lipinski definition) is 4. The number of esters is 1. The van der Waals surface area contributed by atoms with E-state index in [1.165, 1.54) is 31.8 Å². The summed E-state index contributed by atoms with van der Waals surface area (Å²) in [6.45, 7) is 3.53. The van der Waals surface area contributed by atoms with Gasteiger partial charge in [0, 0.05) is 5.69 Å². The van der Waals surface area contributed by atoms with Crippen LogP contribution in [0, 0.1) is 11.2 Å². The van der Waals surface area contributed by atoms with Crippen LogP contribution in [0.4, 0.5) is 10.1 Å². The van der Waals surface area contributed by atoms with Crippen LogP contribution in [-0.4, -0.2) is 28.5 Å². The van der Waals surface area contributed by atoms with Gasteiger partial charge in [-0.2, -0.15) is 0 Å². The molecule has 1 atom stereocenters. The molecule has 6 nitrogen and oxygen atoms in total. The molecule has 1 N–H and O–H groups in total. The van der Waals surface area contributed by atoms with Gasteiger partial charge < -0.3 is 14.6 Å². The molecule has 0 fully saturated rings. The summed E-state index contributed by atoms with van der Waals surface area (Å²) in [5.41, 5.74) is 0.465. The van der Waals surface area contributed by atoms with Crippen LogP contribution in [0.2, 0.25) is 0 Å². The highest BCUT2D eigenvalue weighted by Crippen LogP contribution is 2.45. The normalized spacial score (nSPS) is 19.0. The highest BCUT2D eigenvalue weighted by atomic mass is 19.1. The van der Waals surface area contributed by atoms with Gasteiger partial charge in [0.15, 0.2) is 0 Å². The number of benzene rings is 1. The predicted octanol–water partition coefficient (Wildman–Crippen LogP) is 2.38. The smallest absolute Gasteiger partial charge is 0.356 e. The number of carbonyl (C=O) groups excluding carboxylic acids is 2. The molecule has 0 saturated carbocycles. The van der Waals surface area contributed by atoms with Crippen molar-refractivity contribution < 1.29 is 18.7 Å². The van der Waals surface area contributed by atoms with E-state index >= 15 is 0 Å². The summed E-state index contributed by atoms with van der Waals surface area (Å²) in [4.78, 5) is 28.4. The first-order chi connectivity index (χ1) is 10.9. The molecular formula is C16H16FN3O3. The summed E-state index contributed by atoms with van der Waals surface area (Å²) in [6, 6.07) is 3.69. The van der Waals surface area contributed by atoms with Gasteiger partial charge in [0.05, 0.1) is 31.1 Å². The summed E-state index contributed by atoms with van der Waals surface area (Å²) in [5, 5.41) is 2.72. The van der Waals surface area contributed by atoms with Crippen LogP contribution in [0.25, 0.3) is 0 Å². The first-order valence-electron chi connectivity index (χ1n) is 7.07. The predicted molar refractivity (Wildman–Crippen MR) is 80.5 cm³/mol. The maximum absolute atomic E-state index is 13.5. The Labute approximate surface area is 132 Å². The molecule has 1 aliphatic heterocycles. The van der Waals surface area contributed by atoms with Crippen molar-refractivity contribution in [1.82, 2.24) is 9.55 Å². The Bertz CT molecular complexity index is 798. The van der Waals surface area contributed by atoms with Crippen molar-refractivity contribution in [2.75, 3.05) is 12.4 Å². The fourth-order valence-corrected chi connectivity index (χ4v) is 2.94. The van der Waals surface area contributed by atoms with E-state index in [-0.39, 0.29) is 11.6 Å². The molecule has 3 rings (SSSR count). The van der Waals surface area contributed by atoms with Gasteiger partial charge in [-0.3, -0.25) is 4.79 Å². The summed E-state index contributed by atoms with van der Waals surface area (Å²) in [7, 11) is 1.28. The first-order valence-corrected chi connectivity index (χ1v) is 7.07. The van der Waals surface area contributed by atoms with E-state index < -0.39 is 23.2 Å². The van der Waals surface area contributed by atoms with Crippen LogP contribution in [0.1, 0.15) is 35.9 Å².